The lowest BCUT2D eigenvalue weighted by Crippen LogP contribution is -2.24. The molecule has 0 bridgehead atoms. The number of H-pyrrole nitrogens is 1. The van der Waals surface area contributed by atoms with Crippen LogP contribution in [0.5, 0.6) is 0 Å². The first-order chi connectivity index (χ1) is 8.74. The van der Waals surface area contributed by atoms with Gasteiger partial charge in [0.25, 0.3) is 5.56 Å². The minimum absolute atomic E-state index is 0.181. The molecule has 0 fully saturated rings. The summed E-state index contributed by atoms with van der Waals surface area (Å²) < 4.78 is 18.1. The summed E-state index contributed by atoms with van der Waals surface area (Å²) >= 11 is 0. The van der Waals surface area contributed by atoms with Gasteiger partial charge in [-0.3, -0.25) is 4.79 Å². The van der Waals surface area contributed by atoms with E-state index in [0.717, 1.165) is 5.69 Å². The zero-order chi connectivity index (χ0) is 12.5. The molecule has 1 aliphatic rings. The maximum atomic E-state index is 12.8. The van der Waals surface area contributed by atoms with E-state index in [1.54, 1.807) is 12.1 Å². The number of nitrogens with one attached hydrogen (secondary N) is 1. The monoisotopic (exact) mass is 246 g/mol. The highest BCUT2D eigenvalue weighted by atomic mass is 19.1. The summed E-state index contributed by atoms with van der Waals surface area (Å²) in [6.07, 6.45) is 0.632. The van der Waals surface area contributed by atoms with E-state index in [1.165, 1.54) is 12.1 Å². The van der Waals surface area contributed by atoms with Gasteiger partial charge in [-0.2, -0.15) is 0 Å². The number of rotatable bonds is 1. The summed E-state index contributed by atoms with van der Waals surface area (Å²) in [6, 6.07) is 5.88. The molecule has 5 heteroatoms. The Kier molecular flexibility index (Phi) is 2.68. The molecule has 0 amide bonds. The second kappa shape index (κ2) is 4.34. The van der Waals surface area contributed by atoms with Crippen LogP contribution in [0.1, 0.15) is 11.3 Å². The van der Waals surface area contributed by atoms with Gasteiger partial charge in [0, 0.05) is 12.0 Å². The molecule has 0 saturated carbocycles. The molecule has 0 saturated heterocycles. The van der Waals surface area contributed by atoms with Crippen molar-refractivity contribution in [3.63, 3.8) is 0 Å². The fourth-order valence-electron chi connectivity index (χ4n) is 1.99. The van der Waals surface area contributed by atoms with Crippen molar-refractivity contribution >= 4 is 0 Å². The topological polar surface area (TPSA) is 55.0 Å². The van der Waals surface area contributed by atoms with Crippen LogP contribution in [0.3, 0.4) is 0 Å². The van der Waals surface area contributed by atoms with Gasteiger partial charge in [-0.25, -0.2) is 9.37 Å². The Balaban J connectivity index is 2.11. The predicted molar refractivity (Wildman–Crippen MR) is 63.6 cm³/mol. The number of ether oxygens (including phenoxy) is 1. The van der Waals surface area contributed by atoms with E-state index in [9.17, 15) is 9.18 Å². The lowest BCUT2D eigenvalue weighted by atomic mass is 10.1. The number of aromatic nitrogens is 2. The minimum Gasteiger partial charge on any atom is -0.376 e. The molecule has 0 spiro atoms. The zero-order valence-electron chi connectivity index (χ0n) is 9.57. The fraction of sp³-hybridized carbons (Fsp3) is 0.231. The van der Waals surface area contributed by atoms with E-state index >= 15 is 0 Å². The van der Waals surface area contributed by atoms with Crippen LogP contribution in [-0.4, -0.2) is 16.6 Å². The fourth-order valence-corrected chi connectivity index (χ4v) is 1.99. The summed E-state index contributed by atoms with van der Waals surface area (Å²) in [5.41, 5.74) is 1.87. The number of fused-ring (bicyclic) bond motifs is 1. The highest BCUT2D eigenvalue weighted by molar-refractivity contribution is 5.54. The highest BCUT2D eigenvalue weighted by Gasteiger charge is 2.16. The van der Waals surface area contributed by atoms with Crippen molar-refractivity contribution in [3.8, 4) is 11.4 Å². The van der Waals surface area contributed by atoms with Crippen LogP contribution >= 0.6 is 0 Å². The number of hydrogen-bond acceptors (Lipinski definition) is 3. The second-order valence-electron chi connectivity index (χ2n) is 4.15. The molecule has 0 aliphatic carbocycles. The molecule has 1 aromatic carbocycles. The maximum absolute atomic E-state index is 12.8. The molecule has 92 valence electrons. The van der Waals surface area contributed by atoms with Crippen LogP contribution in [0.25, 0.3) is 11.4 Å². The first-order valence-corrected chi connectivity index (χ1v) is 5.70. The van der Waals surface area contributed by atoms with Crippen LogP contribution in [-0.2, 0) is 17.8 Å². The van der Waals surface area contributed by atoms with Crippen molar-refractivity contribution in [1.82, 2.24) is 9.97 Å². The van der Waals surface area contributed by atoms with Gasteiger partial charge < -0.3 is 9.72 Å². The van der Waals surface area contributed by atoms with Gasteiger partial charge in [-0.15, -0.1) is 0 Å². The molecule has 0 radical (unpaired) electrons. The van der Waals surface area contributed by atoms with E-state index in [1.807, 2.05) is 0 Å². The number of aromatic amines is 1. The SMILES string of the molecule is O=c1[nH]c(-c2ccc(F)cc2)nc2c1COCC2. The molecular formula is C13H11FN2O2. The lowest BCUT2D eigenvalue weighted by molar-refractivity contribution is 0.108. The standard InChI is InChI=1S/C13H11FN2O2/c14-9-3-1-8(2-4-9)12-15-11-5-6-18-7-10(11)13(17)16-12/h1-4H,5-7H2,(H,15,16,17). The summed E-state index contributed by atoms with van der Waals surface area (Å²) in [7, 11) is 0. The van der Waals surface area contributed by atoms with Crippen molar-refractivity contribution < 1.29 is 9.13 Å². The van der Waals surface area contributed by atoms with Crippen molar-refractivity contribution in [1.29, 1.82) is 0 Å². The van der Waals surface area contributed by atoms with E-state index in [0.29, 0.717) is 36.6 Å². The number of hydrogen-bond donors (Lipinski definition) is 1. The minimum atomic E-state index is -0.313. The van der Waals surface area contributed by atoms with Crippen molar-refractivity contribution in [2.45, 2.75) is 13.0 Å². The molecule has 1 aliphatic heterocycles. The summed E-state index contributed by atoms with van der Waals surface area (Å²) in [6.45, 7) is 0.883. The Morgan fingerprint density at radius 3 is 2.83 bits per heavy atom. The highest BCUT2D eigenvalue weighted by Crippen LogP contribution is 2.17. The number of nitrogens with zero attached hydrogens (tertiary/aromatic N) is 1. The van der Waals surface area contributed by atoms with Crippen LogP contribution in [0, 0.1) is 5.82 Å². The van der Waals surface area contributed by atoms with Gasteiger partial charge in [0.15, 0.2) is 0 Å². The molecule has 2 heterocycles. The molecule has 2 aromatic rings. The van der Waals surface area contributed by atoms with E-state index in [2.05, 4.69) is 9.97 Å². The summed E-state index contributed by atoms with van der Waals surface area (Å²) in [4.78, 5) is 19.0. The molecule has 1 aromatic heterocycles. The summed E-state index contributed by atoms with van der Waals surface area (Å²) in [5.74, 6) is 0.160. The number of halogens is 1. The molecule has 3 rings (SSSR count). The van der Waals surface area contributed by atoms with Gasteiger partial charge >= 0.3 is 0 Å². The van der Waals surface area contributed by atoms with Gasteiger partial charge in [0.05, 0.1) is 24.5 Å². The Morgan fingerprint density at radius 2 is 2.06 bits per heavy atom. The second-order valence-corrected chi connectivity index (χ2v) is 4.15. The van der Waals surface area contributed by atoms with Crippen LogP contribution in [0.4, 0.5) is 4.39 Å². The first kappa shape index (κ1) is 11.1. The molecule has 4 nitrogen and oxygen atoms in total. The average molecular weight is 246 g/mol. The lowest BCUT2D eigenvalue weighted by Gasteiger charge is -2.15. The van der Waals surface area contributed by atoms with Crippen molar-refractivity contribution in [2.24, 2.45) is 0 Å². The van der Waals surface area contributed by atoms with Gasteiger partial charge in [-0.05, 0) is 24.3 Å². The maximum Gasteiger partial charge on any atom is 0.256 e. The van der Waals surface area contributed by atoms with Crippen LogP contribution in [0.2, 0.25) is 0 Å². The van der Waals surface area contributed by atoms with E-state index in [4.69, 9.17) is 4.74 Å². The smallest absolute Gasteiger partial charge is 0.256 e. The first-order valence-electron chi connectivity index (χ1n) is 5.70. The van der Waals surface area contributed by atoms with Gasteiger partial charge in [0.1, 0.15) is 11.6 Å². The molecule has 0 unspecified atom stereocenters. The zero-order valence-corrected chi connectivity index (χ0v) is 9.57. The number of benzene rings is 1. The Morgan fingerprint density at radius 1 is 1.28 bits per heavy atom. The van der Waals surface area contributed by atoms with Gasteiger partial charge in [-0.1, -0.05) is 0 Å². The molecule has 0 atom stereocenters. The summed E-state index contributed by atoms with van der Waals surface area (Å²) in [5, 5.41) is 0. The van der Waals surface area contributed by atoms with E-state index < -0.39 is 0 Å². The van der Waals surface area contributed by atoms with Crippen LogP contribution < -0.4 is 5.56 Å². The van der Waals surface area contributed by atoms with Crippen LogP contribution in [0.15, 0.2) is 29.1 Å². The molecule has 18 heavy (non-hydrogen) atoms. The quantitative estimate of drug-likeness (QED) is 0.832. The third kappa shape index (κ3) is 1.93. The molecule has 1 N–H and O–H groups in total. The Labute approximate surface area is 102 Å². The van der Waals surface area contributed by atoms with E-state index in [-0.39, 0.29) is 11.4 Å². The van der Waals surface area contributed by atoms with Gasteiger partial charge in [0.2, 0.25) is 0 Å². The Hall–Kier alpha value is -2.01. The van der Waals surface area contributed by atoms with Crippen molar-refractivity contribution in [3.05, 3.63) is 51.7 Å². The van der Waals surface area contributed by atoms with Crippen molar-refractivity contribution in [2.75, 3.05) is 6.61 Å². The largest absolute Gasteiger partial charge is 0.376 e. The predicted octanol–water partition coefficient (Wildman–Crippen LogP) is 1.65. The third-order valence-corrected chi connectivity index (χ3v) is 2.95. The average Bonchev–Trinajstić information content (AvgIpc) is 2.39. The Bertz CT molecular complexity index is 634. The molecular weight excluding hydrogens is 235 g/mol. The third-order valence-electron chi connectivity index (χ3n) is 2.95. The normalized spacial score (nSPS) is 14.3.